The quantitative estimate of drug-likeness (QED) is 0.759. The lowest BCUT2D eigenvalue weighted by Crippen LogP contribution is -2.14. The van der Waals surface area contributed by atoms with E-state index in [0.29, 0.717) is 27.1 Å². The number of benzene rings is 2. The van der Waals surface area contributed by atoms with Crippen LogP contribution in [0.15, 0.2) is 36.4 Å². The van der Waals surface area contributed by atoms with E-state index in [4.69, 9.17) is 34.7 Å². The van der Waals surface area contributed by atoms with Gasteiger partial charge >= 0.3 is 0 Å². The summed E-state index contributed by atoms with van der Waals surface area (Å²) in [7, 11) is 0. The molecular formula is C13H11Cl2N3O. The Kier molecular flexibility index (Phi) is 3.83. The summed E-state index contributed by atoms with van der Waals surface area (Å²) >= 11 is 12.1. The first-order valence-corrected chi connectivity index (χ1v) is 6.15. The second-order valence-corrected chi connectivity index (χ2v) is 4.67. The van der Waals surface area contributed by atoms with E-state index in [-0.39, 0.29) is 5.56 Å². The number of carbonyl (C=O) groups excluding carboxylic acids is 1. The largest absolute Gasteiger partial charge is 0.397 e. The van der Waals surface area contributed by atoms with Crippen molar-refractivity contribution < 1.29 is 4.79 Å². The van der Waals surface area contributed by atoms with Crippen molar-refractivity contribution in [2.24, 2.45) is 5.73 Å². The number of hydrogen-bond donors (Lipinski definition) is 3. The Balaban J connectivity index is 2.52. The standard InChI is InChI=1S/C13H11Cl2N3O/c14-8-4-2-5-9(15)12(8)18-11-7(13(17)19)3-1-6-10(11)16/h1-6,18H,16H2,(H2,17,19). The molecule has 0 fully saturated rings. The molecule has 0 aromatic heterocycles. The first-order valence-electron chi connectivity index (χ1n) is 5.40. The first-order chi connectivity index (χ1) is 9.00. The molecule has 0 aliphatic rings. The highest BCUT2D eigenvalue weighted by molar-refractivity contribution is 6.39. The van der Waals surface area contributed by atoms with Gasteiger partial charge in [0.2, 0.25) is 0 Å². The molecule has 0 saturated carbocycles. The molecular weight excluding hydrogens is 285 g/mol. The molecule has 1 amide bonds. The lowest BCUT2D eigenvalue weighted by atomic mass is 10.1. The van der Waals surface area contributed by atoms with Gasteiger partial charge in [0.15, 0.2) is 0 Å². The SMILES string of the molecule is NC(=O)c1cccc(N)c1Nc1c(Cl)cccc1Cl. The van der Waals surface area contributed by atoms with Crippen molar-refractivity contribution in [2.75, 3.05) is 11.1 Å². The molecule has 98 valence electrons. The monoisotopic (exact) mass is 295 g/mol. The van der Waals surface area contributed by atoms with Crippen molar-refractivity contribution in [1.29, 1.82) is 0 Å². The summed E-state index contributed by atoms with van der Waals surface area (Å²) in [6.07, 6.45) is 0. The summed E-state index contributed by atoms with van der Waals surface area (Å²) in [6, 6.07) is 9.96. The molecule has 0 radical (unpaired) electrons. The Labute approximate surface area is 120 Å². The highest BCUT2D eigenvalue weighted by Crippen LogP contribution is 2.35. The fourth-order valence-electron chi connectivity index (χ4n) is 1.66. The topological polar surface area (TPSA) is 81.1 Å². The molecule has 0 unspecified atom stereocenters. The summed E-state index contributed by atoms with van der Waals surface area (Å²) < 4.78 is 0. The number of amides is 1. The van der Waals surface area contributed by atoms with Crippen LogP contribution >= 0.6 is 23.2 Å². The number of anilines is 3. The molecule has 0 spiro atoms. The number of rotatable bonds is 3. The third kappa shape index (κ3) is 2.75. The van der Waals surface area contributed by atoms with Gasteiger partial charge in [0.25, 0.3) is 5.91 Å². The van der Waals surface area contributed by atoms with Crippen molar-refractivity contribution in [3.8, 4) is 0 Å². The highest BCUT2D eigenvalue weighted by atomic mass is 35.5. The van der Waals surface area contributed by atoms with Crippen LogP contribution < -0.4 is 16.8 Å². The van der Waals surface area contributed by atoms with Gasteiger partial charge < -0.3 is 16.8 Å². The van der Waals surface area contributed by atoms with Gasteiger partial charge in [-0.25, -0.2) is 0 Å². The summed E-state index contributed by atoms with van der Waals surface area (Å²) in [5.74, 6) is -0.585. The summed E-state index contributed by atoms with van der Waals surface area (Å²) in [6.45, 7) is 0. The second kappa shape index (κ2) is 5.38. The van der Waals surface area contributed by atoms with Gasteiger partial charge in [-0.3, -0.25) is 4.79 Å². The van der Waals surface area contributed by atoms with E-state index in [1.54, 1.807) is 36.4 Å². The van der Waals surface area contributed by atoms with Crippen molar-refractivity contribution in [3.05, 3.63) is 52.0 Å². The van der Waals surface area contributed by atoms with E-state index >= 15 is 0 Å². The number of para-hydroxylation sites is 2. The van der Waals surface area contributed by atoms with Gasteiger partial charge in [-0.2, -0.15) is 0 Å². The van der Waals surface area contributed by atoms with Gasteiger partial charge in [-0.1, -0.05) is 35.3 Å². The molecule has 2 aromatic carbocycles. The van der Waals surface area contributed by atoms with Crippen LogP contribution in [0.5, 0.6) is 0 Å². The zero-order valence-electron chi connectivity index (χ0n) is 9.78. The van der Waals surface area contributed by atoms with E-state index in [9.17, 15) is 4.79 Å². The van der Waals surface area contributed by atoms with Crippen molar-refractivity contribution >= 4 is 46.2 Å². The molecule has 0 saturated heterocycles. The van der Waals surface area contributed by atoms with Crippen LogP contribution in [0.2, 0.25) is 10.0 Å². The Bertz CT molecular complexity index is 624. The highest BCUT2D eigenvalue weighted by Gasteiger charge is 2.14. The van der Waals surface area contributed by atoms with Crippen molar-refractivity contribution in [2.45, 2.75) is 0 Å². The van der Waals surface area contributed by atoms with Crippen LogP contribution in [-0.2, 0) is 0 Å². The Hall–Kier alpha value is -1.91. The lowest BCUT2D eigenvalue weighted by Gasteiger charge is -2.15. The fourth-order valence-corrected chi connectivity index (χ4v) is 2.15. The lowest BCUT2D eigenvalue weighted by molar-refractivity contribution is 0.100. The minimum atomic E-state index is -0.585. The van der Waals surface area contributed by atoms with E-state index in [0.717, 1.165) is 0 Å². The van der Waals surface area contributed by atoms with Crippen LogP contribution in [0, 0.1) is 0 Å². The van der Waals surface area contributed by atoms with Crippen molar-refractivity contribution in [1.82, 2.24) is 0 Å². The smallest absolute Gasteiger partial charge is 0.250 e. The van der Waals surface area contributed by atoms with E-state index in [2.05, 4.69) is 5.32 Å². The Morgan fingerprint density at radius 2 is 1.58 bits per heavy atom. The molecule has 0 atom stereocenters. The van der Waals surface area contributed by atoms with Crippen LogP contribution in [0.25, 0.3) is 0 Å². The number of hydrogen-bond acceptors (Lipinski definition) is 3. The van der Waals surface area contributed by atoms with Gasteiger partial charge in [-0.15, -0.1) is 0 Å². The van der Waals surface area contributed by atoms with Crippen LogP contribution in [0.3, 0.4) is 0 Å². The Morgan fingerprint density at radius 3 is 2.16 bits per heavy atom. The van der Waals surface area contributed by atoms with Crippen LogP contribution in [-0.4, -0.2) is 5.91 Å². The molecule has 2 aromatic rings. The predicted molar refractivity (Wildman–Crippen MR) is 79.1 cm³/mol. The molecule has 2 rings (SSSR count). The maximum atomic E-state index is 11.4. The maximum Gasteiger partial charge on any atom is 0.250 e. The molecule has 19 heavy (non-hydrogen) atoms. The molecule has 0 aliphatic carbocycles. The van der Waals surface area contributed by atoms with Crippen LogP contribution in [0.4, 0.5) is 17.1 Å². The average molecular weight is 296 g/mol. The molecule has 0 heterocycles. The molecule has 4 nitrogen and oxygen atoms in total. The molecule has 0 aliphatic heterocycles. The maximum absolute atomic E-state index is 11.4. The van der Waals surface area contributed by atoms with Crippen molar-refractivity contribution in [3.63, 3.8) is 0 Å². The predicted octanol–water partition coefficient (Wildman–Crippen LogP) is 3.42. The van der Waals surface area contributed by atoms with E-state index < -0.39 is 5.91 Å². The fraction of sp³-hybridized carbons (Fsp3) is 0. The average Bonchev–Trinajstić information content (AvgIpc) is 2.35. The van der Waals surface area contributed by atoms with Crippen LogP contribution in [0.1, 0.15) is 10.4 Å². The number of carbonyl (C=O) groups is 1. The van der Waals surface area contributed by atoms with Gasteiger partial charge in [-0.05, 0) is 24.3 Å². The normalized spacial score (nSPS) is 10.2. The number of nitrogen functional groups attached to an aromatic ring is 1. The number of nitrogens with two attached hydrogens (primary N) is 2. The summed E-state index contributed by atoms with van der Waals surface area (Å²) in [5, 5.41) is 3.81. The summed E-state index contributed by atoms with van der Waals surface area (Å²) in [5.41, 5.74) is 12.7. The third-order valence-electron chi connectivity index (χ3n) is 2.57. The number of halogens is 2. The van der Waals surface area contributed by atoms with Gasteiger partial charge in [0.05, 0.1) is 32.7 Å². The molecule has 5 N–H and O–H groups in total. The van der Waals surface area contributed by atoms with Gasteiger partial charge in [0.1, 0.15) is 0 Å². The van der Waals surface area contributed by atoms with Gasteiger partial charge in [0, 0.05) is 0 Å². The summed E-state index contributed by atoms with van der Waals surface area (Å²) in [4.78, 5) is 11.4. The first kappa shape index (κ1) is 13.5. The third-order valence-corrected chi connectivity index (χ3v) is 3.20. The second-order valence-electron chi connectivity index (χ2n) is 3.86. The number of nitrogens with one attached hydrogen (secondary N) is 1. The zero-order valence-corrected chi connectivity index (χ0v) is 11.3. The van der Waals surface area contributed by atoms with E-state index in [1.807, 2.05) is 0 Å². The molecule has 0 bridgehead atoms. The minimum absolute atomic E-state index is 0.274. The van der Waals surface area contributed by atoms with E-state index in [1.165, 1.54) is 0 Å². The number of primary amides is 1. The Morgan fingerprint density at radius 1 is 1.00 bits per heavy atom. The minimum Gasteiger partial charge on any atom is -0.397 e. The zero-order chi connectivity index (χ0) is 14.0. The molecule has 6 heteroatoms.